The SMILES string of the molecule is CCS(=O)(=O)N1CCN(C(=O)c2cc(C(F)(F)F)nn2-c2ccccc2Cl)CC1. The molecular formula is C17H18ClF3N4O3S. The number of para-hydroxylation sites is 1. The Labute approximate surface area is 170 Å². The molecule has 1 saturated heterocycles. The molecule has 0 bridgehead atoms. The summed E-state index contributed by atoms with van der Waals surface area (Å²) in [6, 6.07) is 6.79. The number of carbonyl (C=O) groups excluding carboxylic acids is 1. The first-order chi connectivity index (χ1) is 13.5. The molecule has 2 heterocycles. The first-order valence-corrected chi connectivity index (χ1v) is 10.7. The number of nitrogens with zero attached hydrogens (tertiary/aromatic N) is 4. The molecule has 1 fully saturated rings. The van der Waals surface area contributed by atoms with E-state index >= 15 is 0 Å². The zero-order valence-corrected chi connectivity index (χ0v) is 16.9. The maximum Gasteiger partial charge on any atom is 0.435 e. The van der Waals surface area contributed by atoms with Gasteiger partial charge in [0.25, 0.3) is 5.91 Å². The van der Waals surface area contributed by atoms with Crippen molar-refractivity contribution in [3.05, 3.63) is 46.7 Å². The summed E-state index contributed by atoms with van der Waals surface area (Å²) in [6.07, 6.45) is -4.74. The fourth-order valence-electron chi connectivity index (χ4n) is 2.99. The average Bonchev–Trinajstić information content (AvgIpc) is 3.13. The summed E-state index contributed by atoms with van der Waals surface area (Å²) < 4.78 is 65.7. The summed E-state index contributed by atoms with van der Waals surface area (Å²) in [5.74, 6) is -0.740. The molecule has 3 rings (SSSR count). The molecule has 2 aromatic rings. The monoisotopic (exact) mass is 450 g/mol. The van der Waals surface area contributed by atoms with Gasteiger partial charge in [-0.05, 0) is 19.1 Å². The molecule has 0 N–H and O–H groups in total. The van der Waals surface area contributed by atoms with Crippen molar-refractivity contribution in [3.63, 3.8) is 0 Å². The maximum atomic E-state index is 13.2. The standard InChI is InChI=1S/C17H18ClF3N4O3S/c1-2-29(27,28)24-9-7-23(8-10-24)16(26)14-11-15(17(19,20)21)22-25(14)13-6-4-3-5-12(13)18/h3-6,11H,2,7-10H2,1H3. The smallest absolute Gasteiger partial charge is 0.335 e. The Bertz CT molecular complexity index is 1020. The van der Waals surface area contributed by atoms with Crippen molar-refractivity contribution in [3.8, 4) is 5.69 Å². The van der Waals surface area contributed by atoms with Crippen molar-refractivity contribution in [2.75, 3.05) is 31.9 Å². The van der Waals surface area contributed by atoms with Crippen molar-refractivity contribution in [1.29, 1.82) is 0 Å². The highest BCUT2D eigenvalue weighted by molar-refractivity contribution is 7.89. The summed E-state index contributed by atoms with van der Waals surface area (Å²) in [6.45, 7) is 1.80. The van der Waals surface area contributed by atoms with Crippen LogP contribution in [0.4, 0.5) is 13.2 Å². The molecule has 29 heavy (non-hydrogen) atoms. The lowest BCUT2D eigenvalue weighted by Crippen LogP contribution is -2.51. The lowest BCUT2D eigenvalue weighted by molar-refractivity contribution is -0.141. The molecule has 0 aliphatic carbocycles. The van der Waals surface area contributed by atoms with Gasteiger partial charge < -0.3 is 4.90 Å². The average molecular weight is 451 g/mol. The van der Waals surface area contributed by atoms with Crippen LogP contribution < -0.4 is 0 Å². The van der Waals surface area contributed by atoms with Crippen LogP contribution in [0.3, 0.4) is 0 Å². The number of hydrogen-bond acceptors (Lipinski definition) is 4. The number of aromatic nitrogens is 2. The van der Waals surface area contributed by atoms with Gasteiger partial charge >= 0.3 is 6.18 Å². The van der Waals surface area contributed by atoms with E-state index in [9.17, 15) is 26.4 Å². The highest BCUT2D eigenvalue weighted by Crippen LogP contribution is 2.31. The Balaban J connectivity index is 1.93. The van der Waals surface area contributed by atoms with Crippen LogP contribution in [0.15, 0.2) is 30.3 Å². The number of carbonyl (C=O) groups is 1. The number of rotatable bonds is 4. The first kappa shape index (κ1) is 21.6. The first-order valence-electron chi connectivity index (χ1n) is 8.74. The molecule has 1 aliphatic rings. The third-order valence-electron chi connectivity index (χ3n) is 4.58. The molecule has 1 aromatic heterocycles. The van der Waals surface area contributed by atoms with E-state index in [0.717, 1.165) is 4.68 Å². The Hall–Kier alpha value is -2.11. The van der Waals surface area contributed by atoms with Gasteiger partial charge in [-0.15, -0.1) is 0 Å². The van der Waals surface area contributed by atoms with E-state index in [2.05, 4.69) is 5.10 Å². The van der Waals surface area contributed by atoms with Crippen LogP contribution in [0.5, 0.6) is 0 Å². The normalized spacial score (nSPS) is 16.2. The molecule has 1 amide bonds. The molecule has 1 aliphatic heterocycles. The number of benzene rings is 1. The fraction of sp³-hybridized carbons (Fsp3) is 0.412. The minimum Gasteiger partial charge on any atom is -0.335 e. The van der Waals surface area contributed by atoms with Gasteiger partial charge in [0.1, 0.15) is 5.69 Å². The van der Waals surface area contributed by atoms with Gasteiger partial charge in [0.15, 0.2) is 5.69 Å². The molecule has 0 spiro atoms. The Morgan fingerprint density at radius 2 is 1.79 bits per heavy atom. The highest BCUT2D eigenvalue weighted by atomic mass is 35.5. The van der Waals surface area contributed by atoms with E-state index in [1.54, 1.807) is 12.1 Å². The lowest BCUT2D eigenvalue weighted by Gasteiger charge is -2.33. The van der Waals surface area contributed by atoms with Gasteiger partial charge in [-0.1, -0.05) is 23.7 Å². The molecular weight excluding hydrogens is 433 g/mol. The molecule has 158 valence electrons. The minimum absolute atomic E-state index is 0.0604. The van der Waals surface area contributed by atoms with E-state index in [4.69, 9.17) is 11.6 Å². The summed E-state index contributed by atoms with van der Waals surface area (Å²) in [5.41, 5.74) is -1.37. The van der Waals surface area contributed by atoms with Crippen LogP contribution in [-0.4, -0.2) is 65.2 Å². The molecule has 7 nitrogen and oxygen atoms in total. The van der Waals surface area contributed by atoms with E-state index in [1.807, 2.05) is 0 Å². The zero-order valence-electron chi connectivity index (χ0n) is 15.4. The van der Waals surface area contributed by atoms with E-state index < -0.39 is 27.8 Å². The second kappa shape index (κ2) is 7.96. The quantitative estimate of drug-likeness (QED) is 0.717. The second-order valence-electron chi connectivity index (χ2n) is 6.37. The van der Waals surface area contributed by atoms with E-state index in [1.165, 1.54) is 28.3 Å². The predicted molar refractivity (Wildman–Crippen MR) is 101 cm³/mol. The minimum atomic E-state index is -4.74. The number of alkyl halides is 3. The van der Waals surface area contributed by atoms with Crippen molar-refractivity contribution in [1.82, 2.24) is 19.0 Å². The summed E-state index contributed by atoms with van der Waals surface area (Å²) in [4.78, 5) is 14.3. The Kier molecular flexibility index (Phi) is 5.93. The molecule has 0 saturated carbocycles. The van der Waals surface area contributed by atoms with E-state index in [0.29, 0.717) is 6.07 Å². The largest absolute Gasteiger partial charge is 0.435 e. The Morgan fingerprint density at radius 3 is 2.34 bits per heavy atom. The van der Waals surface area contributed by atoms with Crippen molar-refractivity contribution in [2.45, 2.75) is 13.1 Å². The molecule has 1 aromatic carbocycles. The third kappa shape index (κ3) is 4.41. The van der Waals surface area contributed by atoms with Gasteiger partial charge in [-0.3, -0.25) is 4.79 Å². The number of halogens is 4. The number of amides is 1. The van der Waals surface area contributed by atoms with Crippen molar-refractivity contribution >= 4 is 27.5 Å². The summed E-state index contributed by atoms with van der Waals surface area (Å²) >= 11 is 6.09. The second-order valence-corrected chi connectivity index (χ2v) is 9.03. The highest BCUT2D eigenvalue weighted by Gasteiger charge is 2.37. The fourth-order valence-corrected chi connectivity index (χ4v) is 4.29. The van der Waals surface area contributed by atoms with Crippen LogP contribution in [-0.2, 0) is 16.2 Å². The van der Waals surface area contributed by atoms with Gasteiger partial charge in [0.2, 0.25) is 10.0 Å². The van der Waals surface area contributed by atoms with Crippen LogP contribution in [0.1, 0.15) is 23.1 Å². The van der Waals surface area contributed by atoms with Crippen LogP contribution in [0.25, 0.3) is 5.69 Å². The topological polar surface area (TPSA) is 75.5 Å². The number of sulfonamides is 1. The van der Waals surface area contributed by atoms with Crippen molar-refractivity contribution in [2.24, 2.45) is 0 Å². The molecule has 0 radical (unpaired) electrons. The predicted octanol–water partition coefficient (Wildman–Crippen LogP) is 2.65. The lowest BCUT2D eigenvalue weighted by atomic mass is 10.2. The van der Waals surface area contributed by atoms with Crippen LogP contribution in [0.2, 0.25) is 5.02 Å². The van der Waals surface area contributed by atoms with Crippen LogP contribution >= 0.6 is 11.6 Å². The summed E-state index contributed by atoms with van der Waals surface area (Å²) in [7, 11) is -3.40. The number of piperazine rings is 1. The van der Waals surface area contributed by atoms with Gasteiger partial charge in [0, 0.05) is 32.2 Å². The Morgan fingerprint density at radius 1 is 1.17 bits per heavy atom. The van der Waals surface area contributed by atoms with Crippen molar-refractivity contribution < 1.29 is 26.4 Å². The number of hydrogen-bond donors (Lipinski definition) is 0. The van der Waals surface area contributed by atoms with Gasteiger partial charge in [0.05, 0.1) is 16.5 Å². The molecule has 0 atom stereocenters. The third-order valence-corrected chi connectivity index (χ3v) is 6.78. The molecule has 0 unspecified atom stereocenters. The maximum absolute atomic E-state index is 13.2. The van der Waals surface area contributed by atoms with Gasteiger partial charge in [-0.2, -0.15) is 22.6 Å². The zero-order chi connectivity index (χ0) is 21.4. The molecule has 12 heteroatoms. The van der Waals surface area contributed by atoms with E-state index in [-0.39, 0.29) is 48.3 Å². The van der Waals surface area contributed by atoms with Crippen LogP contribution in [0, 0.1) is 0 Å². The van der Waals surface area contributed by atoms with Gasteiger partial charge in [-0.25, -0.2) is 13.1 Å². The summed E-state index contributed by atoms with van der Waals surface area (Å²) in [5, 5.41) is 3.69.